The number of carbonyl (C=O) groups is 1. The van der Waals surface area contributed by atoms with E-state index in [1.165, 1.54) is 0 Å². The Labute approximate surface area is 162 Å². The molecular formula is C19H21Cl2N3O2. The first kappa shape index (κ1) is 19.0. The van der Waals surface area contributed by atoms with Gasteiger partial charge in [0.2, 0.25) is 5.91 Å². The molecule has 1 atom stereocenters. The molecule has 26 heavy (non-hydrogen) atoms. The molecule has 2 heterocycles. The first-order valence-electron chi connectivity index (χ1n) is 8.48. The van der Waals surface area contributed by atoms with E-state index in [4.69, 9.17) is 23.2 Å². The van der Waals surface area contributed by atoms with Crippen LogP contribution in [0.4, 0.5) is 0 Å². The van der Waals surface area contributed by atoms with Crippen LogP contribution in [0.25, 0.3) is 10.9 Å². The van der Waals surface area contributed by atoms with Crippen molar-refractivity contribution in [1.82, 2.24) is 9.88 Å². The van der Waals surface area contributed by atoms with Crippen LogP contribution in [0.1, 0.15) is 43.0 Å². The SMILES string of the molecule is Cn1c2c(c3c(CC#N)cc(Cl)c(Cl)c31)CC(=O)NC[C@@H]2CC(C)(C)O. The number of nitrogens with zero attached hydrogens (tertiary/aromatic N) is 2. The summed E-state index contributed by atoms with van der Waals surface area (Å²) in [6.07, 6.45) is 0.885. The third kappa shape index (κ3) is 3.29. The summed E-state index contributed by atoms with van der Waals surface area (Å²) < 4.78 is 1.97. The number of carbonyl (C=O) groups excluding carboxylic acids is 1. The van der Waals surface area contributed by atoms with Crippen molar-refractivity contribution in [1.29, 1.82) is 5.26 Å². The van der Waals surface area contributed by atoms with E-state index in [1.54, 1.807) is 19.9 Å². The monoisotopic (exact) mass is 393 g/mol. The minimum Gasteiger partial charge on any atom is -0.390 e. The molecule has 0 saturated carbocycles. The maximum Gasteiger partial charge on any atom is 0.224 e. The second kappa shape index (κ2) is 6.77. The summed E-state index contributed by atoms with van der Waals surface area (Å²) >= 11 is 12.8. The average molecular weight is 394 g/mol. The Morgan fingerprint density at radius 2 is 2.15 bits per heavy atom. The number of aromatic nitrogens is 1. The van der Waals surface area contributed by atoms with Crippen molar-refractivity contribution in [2.45, 2.75) is 44.6 Å². The quantitative estimate of drug-likeness (QED) is 0.837. The van der Waals surface area contributed by atoms with Crippen LogP contribution < -0.4 is 5.32 Å². The van der Waals surface area contributed by atoms with Crippen molar-refractivity contribution < 1.29 is 9.90 Å². The number of benzene rings is 1. The second-order valence-corrected chi connectivity index (χ2v) is 8.29. The molecule has 1 aliphatic heterocycles. The molecule has 0 aliphatic carbocycles. The summed E-state index contributed by atoms with van der Waals surface area (Å²) in [7, 11) is 1.90. The summed E-state index contributed by atoms with van der Waals surface area (Å²) in [6.45, 7) is 3.96. The number of halogens is 2. The van der Waals surface area contributed by atoms with Gasteiger partial charge in [-0.2, -0.15) is 5.26 Å². The third-order valence-electron chi connectivity index (χ3n) is 4.87. The van der Waals surface area contributed by atoms with E-state index in [0.717, 1.165) is 27.7 Å². The Morgan fingerprint density at radius 3 is 2.77 bits per heavy atom. The van der Waals surface area contributed by atoms with Crippen LogP contribution >= 0.6 is 23.2 Å². The fraction of sp³-hybridized carbons (Fsp3) is 0.474. The highest BCUT2D eigenvalue weighted by atomic mass is 35.5. The first-order valence-corrected chi connectivity index (χ1v) is 9.23. The molecule has 0 saturated heterocycles. The Balaban J connectivity index is 2.36. The second-order valence-electron chi connectivity index (χ2n) is 7.51. The molecule has 0 fully saturated rings. The van der Waals surface area contributed by atoms with E-state index in [2.05, 4.69) is 11.4 Å². The maximum absolute atomic E-state index is 12.3. The number of aryl methyl sites for hydroxylation is 1. The van der Waals surface area contributed by atoms with Crippen molar-refractivity contribution in [2.75, 3.05) is 6.54 Å². The zero-order valence-electron chi connectivity index (χ0n) is 15.0. The normalized spacial score (nSPS) is 17.6. The molecule has 0 spiro atoms. The predicted molar refractivity (Wildman–Crippen MR) is 103 cm³/mol. The van der Waals surface area contributed by atoms with Gasteiger partial charge in [0.15, 0.2) is 0 Å². The minimum atomic E-state index is -0.885. The number of nitriles is 1. The van der Waals surface area contributed by atoms with Crippen LogP contribution in [0, 0.1) is 11.3 Å². The van der Waals surface area contributed by atoms with E-state index >= 15 is 0 Å². The molecule has 138 valence electrons. The average Bonchev–Trinajstić information content (AvgIpc) is 2.70. The lowest BCUT2D eigenvalue weighted by Crippen LogP contribution is -2.31. The van der Waals surface area contributed by atoms with Crippen molar-refractivity contribution in [3.63, 3.8) is 0 Å². The van der Waals surface area contributed by atoms with Gasteiger partial charge in [0, 0.05) is 30.6 Å². The fourth-order valence-electron chi connectivity index (χ4n) is 4.02. The topological polar surface area (TPSA) is 78.0 Å². The maximum atomic E-state index is 12.3. The molecule has 1 aromatic heterocycles. The smallest absolute Gasteiger partial charge is 0.224 e. The number of nitrogens with one attached hydrogen (secondary N) is 1. The number of hydrogen-bond donors (Lipinski definition) is 2. The van der Waals surface area contributed by atoms with Crippen molar-refractivity contribution in [3.05, 3.63) is 32.9 Å². The van der Waals surface area contributed by atoms with Crippen molar-refractivity contribution >= 4 is 40.0 Å². The highest BCUT2D eigenvalue weighted by molar-refractivity contribution is 6.45. The molecule has 2 N–H and O–H groups in total. The van der Waals surface area contributed by atoms with Crippen LogP contribution in [0.2, 0.25) is 10.0 Å². The van der Waals surface area contributed by atoms with Gasteiger partial charge in [-0.15, -0.1) is 0 Å². The molecule has 1 aromatic carbocycles. The molecule has 1 amide bonds. The molecule has 1 aliphatic rings. The summed E-state index contributed by atoms with van der Waals surface area (Å²) in [6, 6.07) is 3.88. The Kier molecular flexibility index (Phi) is 4.96. The number of fused-ring (bicyclic) bond motifs is 3. The van der Waals surface area contributed by atoms with E-state index in [-0.39, 0.29) is 24.7 Å². The lowest BCUT2D eigenvalue weighted by Gasteiger charge is -2.25. The van der Waals surface area contributed by atoms with Gasteiger partial charge in [0.05, 0.1) is 40.1 Å². The first-order chi connectivity index (χ1) is 12.1. The molecule has 3 rings (SSSR count). The lowest BCUT2D eigenvalue weighted by molar-refractivity contribution is -0.120. The van der Waals surface area contributed by atoms with Crippen LogP contribution in [0.3, 0.4) is 0 Å². The largest absolute Gasteiger partial charge is 0.390 e. The zero-order valence-corrected chi connectivity index (χ0v) is 16.5. The Hall–Kier alpha value is -1.74. The molecule has 7 heteroatoms. The predicted octanol–water partition coefficient (Wildman–Crippen LogP) is 3.47. The summed E-state index contributed by atoms with van der Waals surface area (Å²) in [5.74, 6) is -0.149. The van der Waals surface area contributed by atoms with Gasteiger partial charge in [0.25, 0.3) is 0 Å². The number of hydrogen-bond acceptors (Lipinski definition) is 3. The van der Waals surface area contributed by atoms with Crippen molar-refractivity contribution in [2.24, 2.45) is 7.05 Å². The van der Waals surface area contributed by atoms with E-state index < -0.39 is 5.60 Å². The van der Waals surface area contributed by atoms with Gasteiger partial charge >= 0.3 is 0 Å². The van der Waals surface area contributed by atoms with Gasteiger partial charge < -0.3 is 15.0 Å². The molecule has 5 nitrogen and oxygen atoms in total. The molecule has 0 unspecified atom stereocenters. The van der Waals surface area contributed by atoms with E-state index in [1.807, 2.05) is 11.6 Å². The van der Waals surface area contributed by atoms with Gasteiger partial charge in [-0.3, -0.25) is 4.79 Å². The summed E-state index contributed by atoms with van der Waals surface area (Å²) in [4.78, 5) is 12.3. The molecular weight excluding hydrogens is 373 g/mol. The summed E-state index contributed by atoms with van der Waals surface area (Å²) in [5.41, 5.74) is 2.46. The van der Waals surface area contributed by atoms with Gasteiger partial charge in [-0.05, 0) is 37.5 Å². The summed E-state index contributed by atoms with van der Waals surface area (Å²) in [5, 5.41) is 24.1. The minimum absolute atomic E-state index is 0.0707. The third-order valence-corrected chi connectivity index (χ3v) is 5.65. The van der Waals surface area contributed by atoms with Crippen LogP contribution in [0.5, 0.6) is 0 Å². The van der Waals surface area contributed by atoms with Gasteiger partial charge in [0.1, 0.15) is 0 Å². The van der Waals surface area contributed by atoms with Gasteiger partial charge in [-0.1, -0.05) is 23.2 Å². The number of amides is 1. The zero-order chi connectivity index (χ0) is 19.2. The highest BCUT2D eigenvalue weighted by Gasteiger charge is 2.33. The standard InChI is InChI=1S/C19H21Cl2N3O2/c1-19(2,26)8-11-9-23-14(25)7-12-15-10(4-5-22)6-13(20)16(21)18(15)24(3)17(11)12/h6,11,26H,4,7-9H2,1-3H3,(H,23,25)/t11-/m0/s1. The lowest BCUT2D eigenvalue weighted by atomic mass is 9.88. The Morgan fingerprint density at radius 1 is 1.46 bits per heavy atom. The van der Waals surface area contributed by atoms with Gasteiger partial charge in [-0.25, -0.2) is 0 Å². The molecule has 0 radical (unpaired) electrons. The molecule has 0 bridgehead atoms. The highest BCUT2D eigenvalue weighted by Crippen LogP contribution is 2.42. The number of aliphatic hydroxyl groups is 1. The van der Waals surface area contributed by atoms with Crippen LogP contribution in [0.15, 0.2) is 6.07 Å². The van der Waals surface area contributed by atoms with E-state index in [0.29, 0.717) is 23.0 Å². The molecule has 2 aromatic rings. The van der Waals surface area contributed by atoms with E-state index in [9.17, 15) is 15.2 Å². The van der Waals surface area contributed by atoms with Crippen molar-refractivity contribution in [3.8, 4) is 6.07 Å². The fourth-order valence-corrected chi connectivity index (χ4v) is 4.52. The number of rotatable bonds is 3. The van der Waals surface area contributed by atoms with Crippen LogP contribution in [-0.4, -0.2) is 27.7 Å². The van der Waals surface area contributed by atoms with Crippen LogP contribution in [-0.2, 0) is 24.7 Å². The Bertz CT molecular complexity index is 935.